The van der Waals surface area contributed by atoms with Crippen LogP contribution in [0, 0.1) is 11.8 Å². The summed E-state index contributed by atoms with van der Waals surface area (Å²) in [5.74, 6) is 1.01. The van der Waals surface area contributed by atoms with Gasteiger partial charge in [0, 0.05) is 19.3 Å². The van der Waals surface area contributed by atoms with Crippen molar-refractivity contribution in [3.63, 3.8) is 0 Å². The third-order valence-electron chi connectivity index (χ3n) is 3.58. The molecule has 0 spiro atoms. The van der Waals surface area contributed by atoms with E-state index in [0.29, 0.717) is 24.9 Å². The Labute approximate surface area is 121 Å². The van der Waals surface area contributed by atoms with Gasteiger partial charge in [-0.1, -0.05) is 13.8 Å². The van der Waals surface area contributed by atoms with Crippen LogP contribution in [0.3, 0.4) is 0 Å². The maximum Gasteiger partial charge on any atom is 0.246 e. The molecule has 1 aliphatic heterocycles. The molecule has 7 heteroatoms. The van der Waals surface area contributed by atoms with Crippen LogP contribution in [-0.2, 0) is 10.0 Å². The predicted molar refractivity (Wildman–Crippen MR) is 77.8 cm³/mol. The minimum atomic E-state index is -3.38. The number of H-pyrrole nitrogens is 1. The Hall–Kier alpha value is -0.920. The SMILES string of the molecule is CC(C)CNCC1CCCN(S(=O)(=O)c2cn[nH]c2)C1. The van der Waals surface area contributed by atoms with Crippen molar-refractivity contribution in [3.8, 4) is 0 Å². The highest BCUT2D eigenvalue weighted by molar-refractivity contribution is 7.89. The molecule has 0 bridgehead atoms. The highest BCUT2D eigenvalue weighted by Crippen LogP contribution is 2.22. The van der Waals surface area contributed by atoms with Crippen LogP contribution >= 0.6 is 0 Å². The fourth-order valence-electron chi connectivity index (χ4n) is 2.52. The van der Waals surface area contributed by atoms with Gasteiger partial charge >= 0.3 is 0 Å². The van der Waals surface area contributed by atoms with Crippen molar-refractivity contribution in [2.75, 3.05) is 26.2 Å². The van der Waals surface area contributed by atoms with Crippen LogP contribution in [0.2, 0.25) is 0 Å². The molecule has 1 aromatic heterocycles. The second-order valence-electron chi connectivity index (χ2n) is 5.86. The summed E-state index contributed by atoms with van der Waals surface area (Å²) >= 11 is 0. The van der Waals surface area contributed by atoms with Gasteiger partial charge in [-0.25, -0.2) is 8.42 Å². The van der Waals surface area contributed by atoms with Crippen LogP contribution in [0.15, 0.2) is 17.3 Å². The van der Waals surface area contributed by atoms with Crippen LogP contribution in [-0.4, -0.2) is 49.1 Å². The second-order valence-corrected chi connectivity index (χ2v) is 7.80. The number of aromatic nitrogens is 2. The fourth-order valence-corrected chi connectivity index (χ4v) is 3.98. The minimum absolute atomic E-state index is 0.258. The summed E-state index contributed by atoms with van der Waals surface area (Å²) in [6.45, 7) is 7.40. The maximum absolute atomic E-state index is 12.4. The zero-order chi connectivity index (χ0) is 14.6. The third-order valence-corrected chi connectivity index (χ3v) is 5.41. The quantitative estimate of drug-likeness (QED) is 0.823. The van der Waals surface area contributed by atoms with Crippen molar-refractivity contribution in [2.24, 2.45) is 11.8 Å². The summed E-state index contributed by atoms with van der Waals surface area (Å²) in [5, 5.41) is 9.71. The van der Waals surface area contributed by atoms with Gasteiger partial charge in [-0.3, -0.25) is 5.10 Å². The van der Waals surface area contributed by atoms with Gasteiger partial charge in [0.25, 0.3) is 0 Å². The lowest BCUT2D eigenvalue weighted by Crippen LogP contribution is -2.43. The lowest BCUT2D eigenvalue weighted by Gasteiger charge is -2.31. The molecule has 0 amide bonds. The number of nitrogens with zero attached hydrogens (tertiary/aromatic N) is 2. The second kappa shape index (κ2) is 6.69. The van der Waals surface area contributed by atoms with Crippen molar-refractivity contribution in [1.82, 2.24) is 19.8 Å². The summed E-state index contributed by atoms with van der Waals surface area (Å²) in [6.07, 6.45) is 4.82. The van der Waals surface area contributed by atoms with Gasteiger partial charge in [0.15, 0.2) is 0 Å². The minimum Gasteiger partial charge on any atom is -0.316 e. The fraction of sp³-hybridized carbons (Fsp3) is 0.769. The molecule has 0 aromatic carbocycles. The van der Waals surface area contributed by atoms with E-state index in [-0.39, 0.29) is 4.90 Å². The Morgan fingerprint density at radius 1 is 1.55 bits per heavy atom. The molecule has 2 N–H and O–H groups in total. The van der Waals surface area contributed by atoms with E-state index < -0.39 is 10.0 Å². The van der Waals surface area contributed by atoms with Crippen molar-refractivity contribution in [1.29, 1.82) is 0 Å². The van der Waals surface area contributed by atoms with Crippen LogP contribution in [0.25, 0.3) is 0 Å². The Balaban J connectivity index is 1.93. The van der Waals surface area contributed by atoms with Crippen molar-refractivity contribution >= 4 is 10.0 Å². The van der Waals surface area contributed by atoms with Crippen molar-refractivity contribution < 1.29 is 8.42 Å². The van der Waals surface area contributed by atoms with Gasteiger partial charge in [0.2, 0.25) is 10.0 Å². The van der Waals surface area contributed by atoms with Gasteiger partial charge < -0.3 is 5.32 Å². The predicted octanol–water partition coefficient (Wildman–Crippen LogP) is 1.06. The van der Waals surface area contributed by atoms with E-state index in [1.54, 1.807) is 4.31 Å². The highest BCUT2D eigenvalue weighted by Gasteiger charge is 2.30. The average molecular weight is 300 g/mol. The first kappa shape index (κ1) is 15.5. The Bertz CT molecular complexity index is 498. The molecule has 1 aliphatic rings. The average Bonchev–Trinajstić information content (AvgIpc) is 2.93. The lowest BCUT2D eigenvalue weighted by molar-refractivity contribution is 0.258. The van der Waals surface area contributed by atoms with E-state index >= 15 is 0 Å². The Morgan fingerprint density at radius 3 is 3.00 bits per heavy atom. The number of rotatable bonds is 6. The molecular formula is C13H24N4O2S. The third kappa shape index (κ3) is 3.80. The molecule has 0 aliphatic carbocycles. The molecule has 2 heterocycles. The summed E-state index contributed by atoms with van der Waals surface area (Å²) in [7, 11) is -3.38. The van der Waals surface area contributed by atoms with E-state index in [1.165, 1.54) is 12.4 Å². The molecule has 0 saturated carbocycles. The summed E-state index contributed by atoms with van der Waals surface area (Å²) in [4.78, 5) is 0.258. The van der Waals surface area contributed by atoms with Gasteiger partial charge in [-0.2, -0.15) is 9.40 Å². The highest BCUT2D eigenvalue weighted by atomic mass is 32.2. The van der Waals surface area contributed by atoms with Crippen LogP contribution in [0.5, 0.6) is 0 Å². The number of sulfonamides is 1. The number of hydrogen-bond donors (Lipinski definition) is 2. The molecule has 1 atom stereocenters. The van der Waals surface area contributed by atoms with Gasteiger partial charge in [-0.15, -0.1) is 0 Å². The topological polar surface area (TPSA) is 78.1 Å². The number of nitrogens with one attached hydrogen (secondary N) is 2. The zero-order valence-electron chi connectivity index (χ0n) is 12.2. The van der Waals surface area contributed by atoms with E-state index in [9.17, 15) is 8.42 Å². The first-order valence-corrected chi connectivity index (χ1v) is 8.64. The molecule has 1 fully saturated rings. The molecule has 6 nitrogen and oxygen atoms in total. The molecule has 20 heavy (non-hydrogen) atoms. The maximum atomic E-state index is 12.4. The lowest BCUT2D eigenvalue weighted by atomic mass is 9.99. The molecule has 2 rings (SSSR count). The smallest absolute Gasteiger partial charge is 0.246 e. The first-order valence-electron chi connectivity index (χ1n) is 7.20. The van der Waals surface area contributed by atoms with Crippen LogP contribution < -0.4 is 5.32 Å². The van der Waals surface area contributed by atoms with Crippen molar-refractivity contribution in [2.45, 2.75) is 31.6 Å². The number of piperidine rings is 1. The van der Waals surface area contributed by atoms with Gasteiger partial charge in [0.05, 0.1) is 6.20 Å². The number of hydrogen-bond acceptors (Lipinski definition) is 4. The van der Waals surface area contributed by atoms with Crippen molar-refractivity contribution in [3.05, 3.63) is 12.4 Å². The summed E-state index contributed by atoms with van der Waals surface area (Å²) < 4.78 is 26.4. The number of aromatic amines is 1. The monoisotopic (exact) mass is 300 g/mol. The molecule has 1 unspecified atom stereocenters. The van der Waals surface area contributed by atoms with E-state index in [2.05, 4.69) is 29.4 Å². The van der Waals surface area contributed by atoms with E-state index in [1.807, 2.05) is 0 Å². The molecule has 0 radical (unpaired) electrons. The van der Waals surface area contributed by atoms with Crippen LogP contribution in [0.4, 0.5) is 0 Å². The van der Waals surface area contributed by atoms with Gasteiger partial charge in [0.1, 0.15) is 4.90 Å². The van der Waals surface area contributed by atoms with Gasteiger partial charge in [-0.05, 0) is 37.8 Å². The first-order chi connectivity index (χ1) is 9.50. The largest absolute Gasteiger partial charge is 0.316 e. The van der Waals surface area contributed by atoms with Crippen LogP contribution in [0.1, 0.15) is 26.7 Å². The molecule has 114 valence electrons. The summed E-state index contributed by atoms with van der Waals surface area (Å²) in [5.41, 5.74) is 0. The van der Waals surface area contributed by atoms with E-state index in [0.717, 1.165) is 25.9 Å². The molecular weight excluding hydrogens is 276 g/mol. The molecule has 1 aromatic rings. The standard InChI is InChI=1S/C13H24N4O2S/c1-11(2)6-14-7-12-4-3-5-17(10-12)20(18,19)13-8-15-16-9-13/h8-9,11-12,14H,3-7,10H2,1-2H3,(H,15,16). The normalized spacial score (nSPS) is 21.4. The zero-order valence-corrected chi connectivity index (χ0v) is 13.0. The Morgan fingerprint density at radius 2 is 2.35 bits per heavy atom. The van der Waals surface area contributed by atoms with E-state index in [4.69, 9.17) is 0 Å². The molecule has 1 saturated heterocycles. The summed E-state index contributed by atoms with van der Waals surface area (Å²) in [6, 6.07) is 0. The Kier molecular flexibility index (Phi) is 5.17.